The van der Waals surface area contributed by atoms with E-state index in [-0.39, 0.29) is 0 Å². The first kappa shape index (κ1) is 7.10. The fourth-order valence-corrected chi connectivity index (χ4v) is 1.18. The van der Waals surface area contributed by atoms with Gasteiger partial charge in [-0.15, -0.1) is 10.3 Å². The van der Waals surface area contributed by atoms with Crippen molar-refractivity contribution in [2.45, 2.75) is 6.42 Å². The van der Waals surface area contributed by atoms with E-state index in [0.29, 0.717) is 0 Å². The summed E-state index contributed by atoms with van der Waals surface area (Å²) in [6.45, 7) is 0. The summed E-state index contributed by atoms with van der Waals surface area (Å²) in [5.74, 6) is 2.62. The van der Waals surface area contributed by atoms with Gasteiger partial charge in [0.1, 0.15) is 0 Å². The van der Waals surface area contributed by atoms with E-state index in [1.54, 1.807) is 6.08 Å². The van der Waals surface area contributed by atoms with Gasteiger partial charge in [-0.05, 0) is 17.7 Å². The number of anilines is 1. The van der Waals surface area contributed by atoms with Gasteiger partial charge in [0, 0.05) is 12.3 Å². The van der Waals surface area contributed by atoms with Crippen LogP contribution in [0.25, 0.3) is 0 Å². The van der Waals surface area contributed by atoms with Crippen LogP contribution in [0.4, 0.5) is 5.69 Å². The zero-order valence-corrected chi connectivity index (χ0v) is 6.44. The van der Waals surface area contributed by atoms with Crippen LogP contribution >= 0.6 is 0 Å². The number of hydrazone groups is 1. The topological polar surface area (TPSA) is 35.8 Å². The molecule has 3 nitrogen and oxygen atoms in total. The molecule has 60 valence electrons. The monoisotopic (exact) mass is 160 g/mol. The molecule has 0 aromatic heterocycles. The summed E-state index contributed by atoms with van der Waals surface area (Å²) in [4.78, 5) is 0. The third kappa shape index (κ3) is 1.11. The minimum atomic E-state index is 0.721. The zero-order valence-electron chi connectivity index (χ0n) is 6.44. The lowest BCUT2D eigenvalue weighted by atomic mass is 10.1. The third-order valence-corrected chi connectivity index (χ3v) is 1.77. The van der Waals surface area contributed by atoms with E-state index in [4.69, 9.17) is 0 Å². The highest BCUT2D eigenvalue weighted by atomic mass is 16.5. The number of benzene rings is 1. The number of para-hydroxylation sites is 1. The van der Waals surface area contributed by atoms with Crippen molar-refractivity contribution in [3.05, 3.63) is 35.9 Å². The Bertz CT molecular complexity index is 353. The largest absolute Gasteiger partial charge is 0.267 e. The Hall–Kier alpha value is -1.57. The molecule has 0 unspecified atom stereocenters. The Balaban J connectivity index is 2.53. The van der Waals surface area contributed by atoms with Crippen LogP contribution in [-0.4, -0.2) is 11.1 Å². The van der Waals surface area contributed by atoms with Crippen LogP contribution in [0.2, 0.25) is 0 Å². The molecule has 1 heterocycles. The van der Waals surface area contributed by atoms with Gasteiger partial charge in [0.05, 0.1) is 5.69 Å². The summed E-state index contributed by atoms with van der Waals surface area (Å²) in [6.07, 6.45) is 2.55. The molecule has 2 rings (SSSR count). The van der Waals surface area contributed by atoms with Gasteiger partial charge in [0.15, 0.2) is 0 Å². The predicted molar refractivity (Wildman–Crippen MR) is 46.4 cm³/mol. The Morgan fingerprint density at radius 2 is 2.25 bits per heavy atom. The number of nitrogens with zero attached hydrogens (tertiary/aromatic N) is 2. The molecule has 1 aromatic rings. The van der Waals surface area contributed by atoms with Crippen molar-refractivity contribution in [1.82, 2.24) is 0 Å². The average Bonchev–Trinajstić information content (AvgIpc) is 2.29. The lowest BCUT2D eigenvalue weighted by Gasteiger charge is -2.10. The van der Waals surface area contributed by atoms with E-state index >= 15 is 0 Å². The Labute approximate surface area is 70.2 Å². The van der Waals surface area contributed by atoms with Gasteiger partial charge >= 0.3 is 0 Å². The molecule has 0 bridgehead atoms. The number of hydrogen-bond donors (Lipinski definition) is 1. The first-order valence-corrected chi connectivity index (χ1v) is 3.73. The number of hydrogen-bond acceptors (Lipinski definition) is 3. The molecule has 0 radical (unpaired) electrons. The van der Waals surface area contributed by atoms with Crippen molar-refractivity contribution in [1.29, 1.82) is 0 Å². The second-order valence-corrected chi connectivity index (χ2v) is 2.56. The zero-order chi connectivity index (χ0) is 8.39. The molecule has 0 saturated heterocycles. The maximum absolute atomic E-state index is 9.33. The number of rotatable bonds is 0. The summed E-state index contributed by atoms with van der Waals surface area (Å²) in [5.41, 5.74) is 1.77. The molecule has 3 heteroatoms. The Morgan fingerprint density at radius 3 is 3.17 bits per heavy atom. The van der Waals surface area contributed by atoms with Crippen molar-refractivity contribution in [3.63, 3.8) is 0 Å². The van der Waals surface area contributed by atoms with Crippen molar-refractivity contribution >= 4 is 11.6 Å². The first-order chi connectivity index (χ1) is 5.88. The molecule has 0 spiro atoms. The molecule has 1 aliphatic heterocycles. The molecule has 1 aromatic carbocycles. The lowest BCUT2D eigenvalue weighted by molar-refractivity contribution is 0.260. The van der Waals surface area contributed by atoms with Gasteiger partial charge in [-0.2, -0.15) is 0 Å². The Morgan fingerprint density at radius 1 is 1.42 bits per heavy atom. The Kier molecular flexibility index (Phi) is 1.67. The highest BCUT2D eigenvalue weighted by Gasteiger charge is 2.07. The minimum absolute atomic E-state index is 0.721. The second kappa shape index (κ2) is 2.81. The molecular formula is C9H8N2O. The molecule has 0 saturated carbocycles. The normalized spacial score (nSPS) is 14.2. The van der Waals surface area contributed by atoms with Crippen molar-refractivity contribution in [2.24, 2.45) is 5.10 Å². The van der Waals surface area contributed by atoms with E-state index in [9.17, 15) is 5.21 Å². The molecule has 1 aliphatic rings. The van der Waals surface area contributed by atoms with E-state index < -0.39 is 0 Å². The quantitative estimate of drug-likeness (QED) is 0.625. The summed E-state index contributed by atoms with van der Waals surface area (Å²) >= 11 is 0. The van der Waals surface area contributed by atoms with Crippen LogP contribution in [0.15, 0.2) is 35.4 Å². The standard InChI is InChI=1S/C9H8N2O/c12-11-9-6-2-1-4-8(9)5-3-7-10-11/h1-4,6,12H,5H2. The van der Waals surface area contributed by atoms with E-state index in [2.05, 4.69) is 11.0 Å². The van der Waals surface area contributed by atoms with Gasteiger partial charge < -0.3 is 0 Å². The van der Waals surface area contributed by atoms with E-state index in [0.717, 1.165) is 22.8 Å². The fraction of sp³-hybridized carbons (Fsp3) is 0.111. The smallest absolute Gasteiger partial charge is 0.0942 e. The van der Waals surface area contributed by atoms with Gasteiger partial charge in [0.2, 0.25) is 0 Å². The fourth-order valence-electron chi connectivity index (χ4n) is 1.18. The third-order valence-electron chi connectivity index (χ3n) is 1.77. The molecule has 0 amide bonds. The summed E-state index contributed by atoms with van der Waals surface area (Å²) in [7, 11) is 0. The summed E-state index contributed by atoms with van der Waals surface area (Å²) in [5, 5.41) is 13.8. The van der Waals surface area contributed by atoms with Crippen LogP contribution < -0.4 is 5.17 Å². The first-order valence-electron chi connectivity index (χ1n) is 3.73. The van der Waals surface area contributed by atoms with Crippen LogP contribution in [0.1, 0.15) is 5.56 Å². The van der Waals surface area contributed by atoms with Gasteiger partial charge in [-0.1, -0.05) is 18.2 Å². The van der Waals surface area contributed by atoms with Crippen molar-refractivity contribution < 1.29 is 5.21 Å². The van der Waals surface area contributed by atoms with Crippen LogP contribution in [0.5, 0.6) is 0 Å². The van der Waals surface area contributed by atoms with Gasteiger partial charge in [-0.25, -0.2) is 0 Å². The molecule has 12 heavy (non-hydrogen) atoms. The van der Waals surface area contributed by atoms with Gasteiger partial charge in [-0.3, -0.25) is 5.21 Å². The minimum Gasteiger partial charge on any atom is -0.267 e. The van der Waals surface area contributed by atoms with Crippen LogP contribution in [0.3, 0.4) is 0 Å². The summed E-state index contributed by atoms with van der Waals surface area (Å²) < 4.78 is 0. The average molecular weight is 160 g/mol. The maximum atomic E-state index is 9.33. The molecule has 0 aliphatic carbocycles. The van der Waals surface area contributed by atoms with Crippen molar-refractivity contribution in [3.8, 4) is 0 Å². The van der Waals surface area contributed by atoms with E-state index in [1.165, 1.54) is 0 Å². The highest BCUT2D eigenvalue weighted by Crippen LogP contribution is 2.20. The molecule has 1 N–H and O–H groups in total. The predicted octanol–water partition coefficient (Wildman–Crippen LogP) is 1.58. The molecule has 0 atom stereocenters. The van der Waals surface area contributed by atoms with Crippen LogP contribution in [0, 0.1) is 0 Å². The summed E-state index contributed by atoms with van der Waals surface area (Å²) in [6, 6.07) is 7.58. The van der Waals surface area contributed by atoms with Gasteiger partial charge in [0.25, 0.3) is 0 Å². The maximum Gasteiger partial charge on any atom is 0.0942 e. The molecular weight excluding hydrogens is 152 g/mol. The van der Waals surface area contributed by atoms with E-state index in [1.807, 2.05) is 24.3 Å². The van der Waals surface area contributed by atoms with Crippen LogP contribution in [-0.2, 0) is 6.42 Å². The number of allylic oxidation sites excluding steroid dienone is 1. The number of fused-ring (bicyclic) bond motifs is 1. The highest BCUT2D eigenvalue weighted by molar-refractivity contribution is 5.61. The second-order valence-electron chi connectivity index (χ2n) is 2.56. The molecule has 0 fully saturated rings. The SMILES string of the molecule is ON1N=C=CCc2ccccc21. The van der Waals surface area contributed by atoms with Crippen molar-refractivity contribution in [2.75, 3.05) is 5.17 Å². The lowest BCUT2D eigenvalue weighted by Crippen LogP contribution is -2.09.